The van der Waals surface area contributed by atoms with E-state index in [1.807, 2.05) is 6.07 Å². The Bertz CT molecular complexity index is 663. The van der Waals surface area contributed by atoms with Gasteiger partial charge in [0.25, 0.3) is 0 Å². The van der Waals surface area contributed by atoms with E-state index in [2.05, 4.69) is 26.1 Å². The summed E-state index contributed by atoms with van der Waals surface area (Å²) >= 11 is 8.21. The second-order valence-corrected chi connectivity index (χ2v) is 4.27. The molecule has 0 spiro atoms. The second kappa shape index (κ2) is 4.08. The van der Waals surface area contributed by atoms with Crippen LogP contribution in [0.5, 0.6) is 0 Å². The Morgan fingerprint density at radius 1 is 1.44 bits per heavy atom. The molecule has 0 aliphatic carbocycles. The summed E-state index contributed by atoms with van der Waals surface area (Å²) in [6, 6.07) is 7.04. The van der Waals surface area contributed by atoms with Crippen LogP contribution in [0.25, 0.3) is 5.69 Å². The van der Waals surface area contributed by atoms with E-state index < -0.39 is 5.69 Å². The van der Waals surface area contributed by atoms with Gasteiger partial charge in [0.05, 0.1) is 11.3 Å². The van der Waals surface area contributed by atoms with Crippen molar-refractivity contribution in [1.29, 1.82) is 5.26 Å². The van der Waals surface area contributed by atoms with Gasteiger partial charge in [-0.2, -0.15) is 5.26 Å². The number of aromatic nitrogens is 3. The van der Waals surface area contributed by atoms with E-state index >= 15 is 0 Å². The maximum atomic E-state index is 11.5. The summed E-state index contributed by atoms with van der Waals surface area (Å²) < 4.78 is 2.23. The summed E-state index contributed by atoms with van der Waals surface area (Å²) in [6.45, 7) is 0. The molecule has 0 saturated carbocycles. The van der Waals surface area contributed by atoms with E-state index in [1.165, 1.54) is 4.57 Å². The average Bonchev–Trinajstić information content (AvgIpc) is 2.59. The number of hydrogen-bond donors (Lipinski definition) is 2. The van der Waals surface area contributed by atoms with Gasteiger partial charge in [-0.3, -0.25) is 5.10 Å². The zero-order valence-electron chi connectivity index (χ0n) is 7.82. The molecule has 2 aromatic rings. The first-order chi connectivity index (χ1) is 7.63. The van der Waals surface area contributed by atoms with Crippen LogP contribution in [0.2, 0.25) is 0 Å². The van der Waals surface area contributed by atoms with Crippen LogP contribution in [0.1, 0.15) is 5.56 Å². The molecule has 2 rings (SSSR count). The van der Waals surface area contributed by atoms with Gasteiger partial charge in [-0.15, -0.1) is 0 Å². The van der Waals surface area contributed by atoms with Crippen LogP contribution in [0, 0.1) is 16.1 Å². The fraction of sp³-hybridized carbons (Fsp3) is 0. The van der Waals surface area contributed by atoms with Crippen molar-refractivity contribution >= 4 is 28.1 Å². The van der Waals surface area contributed by atoms with Crippen LogP contribution in [0.3, 0.4) is 0 Å². The average molecular weight is 297 g/mol. The Balaban J connectivity index is 2.81. The van der Waals surface area contributed by atoms with Crippen LogP contribution in [-0.4, -0.2) is 14.8 Å². The molecule has 0 fully saturated rings. The summed E-state index contributed by atoms with van der Waals surface area (Å²) in [6.07, 6.45) is 0. The van der Waals surface area contributed by atoms with Crippen LogP contribution in [0.15, 0.2) is 27.5 Å². The van der Waals surface area contributed by atoms with Gasteiger partial charge in [0, 0.05) is 4.47 Å². The zero-order chi connectivity index (χ0) is 11.7. The number of hydrogen-bond acceptors (Lipinski definition) is 3. The lowest BCUT2D eigenvalue weighted by molar-refractivity contribution is 0.970. The molecule has 1 aromatic carbocycles. The molecular weight excluding hydrogens is 292 g/mol. The van der Waals surface area contributed by atoms with E-state index in [4.69, 9.17) is 17.5 Å². The SMILES string of the molecule is N#Cc1cc(Br)ccc1-n1c(=O)[nH][nH]c1=S. The van der Waals surface area contributed by atoms with Gasteiger partial charge in [-0.1, -0.05) is 15.9 Å². The van der Waals surface area contributed by atoms with Gasteiger partial charge < -0.3 is 0 Å². The minimum Gasteiger partial charge on any atom is -0.272 e. The quantitative estimate of drug-likeness (QED) is 0.789. The molecule has 2 N–H and O–H groups in total. The lowest BCUT2D eigenvalue weighted by atomic mass is 10.2. The van der Waals surface area contributed by atoms with Crippen molar-refractivity contribution in [3.8, 4) is 11.8 Å². The second-order valence-electron chi connectivity index (χ2n) is 2.97. The standard InChI is InChI=1S/C9H5BrN4OS/c10-6-1-2-7(5(3-6)4-11)14-8(15)12-13-9(14)16/h1-3H,(H,12,15)(H,13,16). The van der Waals surface area contributed by atoms with Crippen molar-refractivity contribution in [1.82, 2.24) is 14.8 Å². The highest BCUT2D eigenvalue weighted by Gasteiger charge is 2.09. The summed E-state index contributed by atoms with van der Waals surface area (Å²) in [5.41, 5.74) is 0.428. The third-order valence-corrected chi connectivity index (χ3v) is 2.78. The summed E-state index contributed by atoms with van der Waals surface area (Å²) in [5.74, 6) is 0. The highest BCUT2D eigenvalue weighted by molar-refractivity contribution is 9.10. The first-order valence-corrected chi connectivity index (χ1v) is 5.43. The van der Waals surface area contributed by atoms with Crippen molar-refractivity contribution in [3.63, 3.8) is 0 Å². The molecule has 0 bridgehead atoms. The van der Waals surface area contributed by atoms with Crippen LogP contribution >= 0.6 is 28.1 Å². The monoisotopic (exact) mass is 296 g/mol. The number of H-pyrrole nitrogens is 2. The molecule has 0 radical (unpaired) electrons. The van der Waals surface area contributed by atoms with Gasteiger partial charge in [-0.25, -0.2) is 14.5 Å². The van der Waals surface area contributed by atoms with Crippen LogP contribution < -0.4 is 5.69 Å². The van der Waals surface area contributed by atoms with Crippen molar-refractivity contribution < 1.29 is 0 Å². The number of benzene rings is 1. The Morgan fingerprint density at radius 2 is 2.19 bits per heavy atom. The molecule has 0 unspecified atom stereocenters. The highest BCUT2D eigenvalue weighted by atomic mass is 79.9. The fourth-order valence-electron chi connectivity index (χ4n) is 1.32. The Kier molecular flexibility index (Phi) is 2.77. The predicted molar refractivity (Wildman–Crippen MR) is 64.0 cm³/mol. The van der Waals surface area contributed by atoms with E-state index in [0.29, 0.717) is 11.3 Å². The topological polar surface area (TPSA) is 77.4 Å². The maximum Gasteiger partial charge on any atom is 0.347 e. The highest BCUT2D eigenvalue weighted by Crippen LogP contribution is 2.18. The molecule has 5 nitrogen and oxygen atoms in total. The molecule has 0 saturated heterocycles. The first-order valence-electron chi connectivity index (χ1n) is 4.23. The van der Waals surface area contributed by atoms with E-state index in [0.717, 1.165) is 4.47 Å². The van der Waals surface area contributed by atoms with Gasteiger partial charge in [0.15, 0.2) is 0 Å². The number of halogens is 1. The smallest absolute Gasteiger partial charge is 0.272 e. The Labute approximate surface area is 103 Å². The molecule has 0 aliphatic heterocycles. The van der Waals surface area contributed by atoms with Gasteiger partial charge in [-0.05, 0) is 30.4 Å². The van der Waals surface area contributed by atoms with Crippen LogP contribution in [0.4, 0.5) is 0 Å². The minimum absolute atomic E-state index is 0.226. The Morgan fingerprint density at radius 3 is 2.75 bits per heavy atom. The molecule has 1 aromatic heterocycles. The molecule has 0 aliphatic rings. The molecular formula is C9H5BrN4OS. The van der Waals surface area contributed by atoms with E-state index in [9.17, 15) is 4.79 Å². The number of rotatable bonds is 1. The number of aromatic amines is 2. The van der Waals surface area contributed by atoms with Crippen LogP contribution in [-0.2, 0) is 0 Å². The molecule has 7 heteroatoms. The van der Waals surface area contributed by atoms with Gasteiger partial charge >= 0.3 is 5.69 Å². The Hall–Kier alpha value is -1.65. The van der Waals surface area contributed by atoms with Gasteiger partial charge in [0.1, 0.15) is 6.07 Å². The third kappa shape index (κ3) is 1.73. The number of nitrogens with zero attached hydrogens (tertiary/aromatic N) is 2. The molecule has 80 valence electrons. The molecule has 1 heterocycles. The zero-order valence-corrected chi connectivity index (χ0v) is 10.2. The van der Waals surface area contributed by atoms with Gasteiger partial charge in [0.2, 0.25) is 4.77 Å². The lowest BCUT2D eigenvalue weighted by Gasteiger charge is -2.03. The minimum atomic E-state index is -0.399. The fourth-order valence-corrected chi connectivity index (χ4v) is 1.92. The molecule has 16 heavy (non-hydrogen) atoms. The summed E-state index contributed by atoms with van der Waals surface area (Å²) in [4.78, 5) is 11.5. The largest absolute Gasteiger partial charge is 0.347 e. The van der Waals surface area contributed by atoms with E-state index in [1.54, 1.807) is 18.2 Å². The molecule has 0 atom stereocenters. The summed E-state index contributed by atoms with van der Waals surface area (Å²) in [5, 5.41) is 13.9. The van der Waals surface area contributed by atoms with Crippen molar-refractivity contribution in [2.75, 3.05) is 0 Å². The first kappa shape index (κ1) is 10.9. The van der Waals surface area contributed by atoms with Crippen molar-refractivity contribution in [2.24, 2.45) is 0 Å². The van der Waals surface area contributed by atoms with Crippen molar-refractivity contribution in [2.45, 2.75) is 0 Å². The lowest BCUT2D eigenvalue weighted by Crippen LogP contribution is -2.15. The number of nitriles is 1. The molecule has 0 amide bonds. The third-order valence-electron chi connectivity index (χ3n) is 2.00. The summed E-state index contributed by atoms with van der Waals surface area (Å²) in [7, 11) is 0. The van der Waals surface area contributed by atoms with Crippen molar-refractivity contribution in [3.05, 3.63) is 43.5 Å². The normalized spacial score (nSPS) is 10.0. The maximum absolute atomic E-state index is 11.5. The number of nitrogens with one attached hydrogen (secondary N) is 2. The van der Waals surface area contributed by atoms with E-state index in [-0.39, 0.29) is 4.77 Å². The predicted octanol–water partition coefficient (Wildman–Crippen LogP) is 1.86.